The van der Waals surface area contributed by atoms with E-state index in [0.29, 0.717) is 0 Å². The minimum absolute atomic E-state index is 0.745. The van der Waals surface area contributed by atoms with E-state index in [4.69, 9.17) is 0 Å². The summed E-state index contributed by atoms with van der Waals surface area (Å²) in [5, 5.41) is 0. The molecule has 0 N–H and O–H groups in total. The Hall–Kier alpha value is -0.780. The largest absolute Gasteiger partial charge is 0.103 e. The maximum Gasteiger partial charge on any atom is -0.0177 e. The van der Waals surface area contributed by atoms with Gasteiger partial charge in [0, 0.05) is 0 Å². The van der Waals surface area contributed by atoms with Gasteiger partial charge in [0.05, 0.1) is 0 Å². The summed E-state index contributed by atoms with van der Waals surface area (Å²) in [6, 6.07) is 0. The summed E-state index contributed by atoms with van der Waals surface area (Å²) >= 11 is 0. The molecule has 90 valence electrons. The first-order valence-corrected chi connectivity index (χ1v) is 6.58. The fraction of sp³-hybridized carbons (Fsp3) is 0.625. The van der Waals surface area contributed by atoms with Gasteiger partial charge in [-0.3, -0.25) is 0 Å². The van der Waals surface area contributed by atoms with E-state index < -0.39 is 0 Å². The second kappa shape index (κ2) is 6.73. The predicted molar refractivity (Wildman–Crippen MR) is 73.5 cm³/mol. The molecule has 0 heterocycles. The highest BCUT2D eigenvalue weighted by Gasteiger charge is 2.25. The topological polar surface area (TPSA) is 0 Å². The molecule has 0 saturated heterocycles. The minimum atomic E-state index is 0.745. The monoisotopic (exact) mass is 218 g/mol. The zero-order valence-electron chi connectivity index (χ0n) is 10.8. The molecule has 2 unspecified atom stereocenters. The molecule has 2 atom stereocenters. The normalized spacial score (nSPS) is 25.1. The summed E-state index contributed by atoms with van der Waals surface area (Å²) in [7, 11) is 0. The Morgan fingerprint density at radius 3 is 2.56 bits per heavy atom. The van der Waals surface area contributed by atoms with Crippen LogP contribution in [-0.4, -0.2) is 0 Å². The molecule has 0 radical (unpaired) electrons. The number of rotatable bonds is 6. The molecule has 0 bridgehead atoms. The average Bonchev–Trinajstić information content (AvgIpc) is 2.27. The highest BCUT2D eigenvalue weighted by molar-refractivity contribution is 5.05. The summed E-state index contributed by atoms with van der Waals surface area (Å²) < 4.78 is 0. The standard InChI is InChI=1S/C16H26/c1-5-6-9-14(4)12-15-10-7-8-11-16(15)13(2)3/h5,15-16H,1-2,4,6-12H2,3H3. The molecule has 0 heteroatoms. The van der Waals surface area contributed by atoms with E-state index in [1.54, 1.807) is 0 Å². The predicted octanol–water partition coefficient (Wildman–Crippen LogP) is 5.28. The molecular formula is C16H26. The first-order chi connectivity index (χ1) is 7.65. The third-order valence-electron chi connectivity index (χ3n) is 3.79. The van der Waals surface area contributed by atoms with Gasteiger partial charge in [0.15, 0.2) is 0 Å². The molecule has 0 aromatic carbocycles. The van der Waals surface area contributed by atoms with Crippen molar-refractivity contribution in [3.05, 3.63) is 37.0 Å². The summed E-state index contributed by atoms with van der Waals surface area (Å²) in [6.07, 6.45) is 10.9. The van der Waals surface area contributed by atoms with Gasteiger partial charge in [-0.15, -0.1) is 6.58 Å². The summed E-state index contributed by atoms with van der Waals surface area (Å²) in [6.45, 7) is 14.3. The van der Waals surface area contributed by atoms with E-state index in [2.05, 4.69) is 26.7 Å². The zero-order chi connectivity index (χ0) is 12.0. The lowest BCUT2D eigenvalue weighted by atomic mass is 9.73. The lowest BCUT2D eigenvalue weighted by Crippen LogP contribution is -2.20. The van der Waals surface area contributed by atoms with E-state index in [9.17, 15) is 0 Å². The van der Waals surface area contributed by atoms with Crippen molar-refractivity contribution in [3.63, 3.8) is 0 Å². The van der Waals surface area contributed by atoms with Crippen molar-refractivity contribution in [1.82, 2.24) is 0 Å². The van der Waals surface area contributed by atoms with Gasteiger partial charge in [-0.1, -0.05) is 43.2 Å². The molecule has 0 spiro atoms. The van der Waals surface area contributed by atoms with Crippen LogP contribution < -0.4 is 0 Å². The van der Waals surface area contributed by atoms with Gasteiger partial charge < -0.3 is 0 Å². The van der Waals surface area contributed by atoms with Crippen LogP contribution in [0.2, 0.25) is 0 Å². The number of allylic oxidation sites excluding steroid dienone is 3. The highest BCUT2D eigenvalue weighted by Crippen LogP contribution is 2.38. The number of hydrogen-bond acceptors (Lipinski definition) is 0. The first kappa shape index (κ1) is 13.3. The van der Waals surface area contributed by atoms with E-state index in [0.717, 1.165) is 24.7 Å². The van der Waals surface area contributed by atoms with Crippen LogP contribution in [0.15, 0.2) is 37.0 Å². The van der Waals surface area contributed by atoms with Crippen LogP contribution in [-0.2, 0) is 0 Å². The Kier molecular flexibility index (Phi) is 5.59. The molecule has 1 fully saturated rings. The molecule has 0 aliphatic heterocycles. The Bertz CT molecular complexity index is 259. The van der Waals surface area contributed by atoms with E-state index in [1.807, 2.05) is 6.08 Å². The van der Waals surface area contributed by atoms with Gasteiger partial charge in [0.25, 0.3) is 0 Å². The molecule has 1 aliphatic rings. The summed E-state index contributed by atoms with van der Waals surface area (Å²) in [5.41, 5.74) is 2.78. The van der Waals surface area contributed by atoms with Crippen molar-refractivity contribution in [2.45, 2.75) is 51.9 Å². The van der Waals surface area contributed by atoms with Crippen LogP contribution in [0.3, 0.4) is 0 Å². The van der Waals surface area contributed by atoms with Crippen molar-refractivity contribution in [3.8, 4) is 0 Å². The Morgan fingerprint density at radius 1 is 1.25 bits per heavy atom. The molecule has 0 nitrogen and oxygen atoms in total. The lowest BCUT2D eigenvalue weighted by Gasteiger charge is -2.32. The zero-order valence-corrected chi connectivity index (χ0v) is 10.8. The lowest BCUT2D eigenvalue weighted by molar-refractivity contribution is 0.269. The Morgan fingerprint density at radius 2 is 1.94 bits per heavy atom. The quantitative estimate of drug-likeness (QED) is 0.532. The van der Waals surface area contributed by atoms with Crippen molar-refractivity contribution < 1.29 is 0 Å². The third kappa shape index (κ3) is 4.00. The fourth-order valence-corrected chi connectivity index (χ4v) is 2.88. The van der Waals surface area contributed by atoms with Crippen molar-refractivity contribution in [1.29, 1.82) is 0 Å². The van der Waals surface area contributed by atoms with Gasteiger partial charge >= 0.3 is 0 Å². The molecule has 0 aromatic rings. The maximum absolute atomic E-state index is 4.20. The van der Waals surface area contributed by atoms with E-state index >= 15 is 0 Å². The third-order valence-corrected chi connectivity index (χ3v) is 3.79. The van der Waals surface area contributed by atoms with Crippen LogP contribution in [0.4, 0.5) is 0 Å². The molecule has 16 heavy (non-hydrogen) atoms. The maximum atomic E-state index is 4.20. The fourth-order valence-electron chi connectivity index (χ4n) is 2.88. The molecule has 0 amide bonds. The highest BCUT2D eigenvalue weighted by atomic mass is 14.3. The van der Waals surface area contributed by atoms with Crippen LogP contribution in [0, 0.1) is 11.8 Å². The van der Waals surface area contributed by atoms with Crippen LogP contribution in [0.25, 0.3) is 0 Å². The van der Waals surface area contributed by atoms with E-state index in [1.165, 1.54) is 43.3 Å². The molecule has 1 saturated carbocycles. The summed E-state index contributed by atoms with van der Waals surface area (Å²) in [4.78, 5) is 0. The Balaban J connectivity index is 2.46. The average molecular weight is 218 g/mol. The van der Waals surface area contributed by atoms with Gasteiger partial charge in [0.1, 0.15) is 0 Å². The van der Waals surface area contributed by atoms with Crippen LogP contribution in [0.1, 0.15) is 51.9 Å². The van der Waals surface area contributed by atoms with Gasteiger partial charge in [-0.25, -0.2) is 0 Å². The minimum Gasteiger partial charge on any atom is -0.103 e. The van der Waals surface area contributed by atoms with Crippen LogP contribution in [0.5, 0.6) is 0 Å². The second-order valence-electron chi connectivity index (χ2n) is 5.28. The SMILES string of the molecule is C=CCCC(=C)CC1CCCCC1C(=C)C. The van der Waals surface area contributed by atoms with Crippen LogP contribution >= 0.6 is 0 Å². The molecule has 1 aliphatic carbocycles. The Labute approximate surface area is 101 Å². The first-order valence-electron chi connectivity index (χ1n) is 6.58. The van der Waals surface area contributed by atoms with Crippen molar-refractivity contribution >= 4 is 0 Å². The molecular weight excluding hydrogens is 192 g/mol. The number of hydrogen-bond donors (Lipinski definition) is 0. The molecule has 0 aromatic heterocycles. The van der Waals surface area contributed by atoms with Gasteiger partial charge in [-0.2, -0.15) is 0 Å². The van der Waals surface area contributed by atoms with Gasteiger partial charge in [0.2, 0.25) is 0 Å². The summed E-state index contributed by atoms with van der Waals surface area (Å²) in [5.74, 6) is 1.55. The van der Waals surface area contributed by atoms with Crippen molar-refractivity contribution in [2.75, 3.05) is 0 Å². The van der Waals surface area contributed by atoms with E-state index in [-0.39, 0.29) is 0 Å². The molecule has 1 rings (SSSR count). The second-order valence-corrected chi connectivity index (χ2v) is 5.28. The smallest absolute Gasteiger partial charge is 0.0177 e. The van der Waals surface area contributed by atoms with Gasteiger partial charge in [-0.05, 0) is 50.9 Å². The van der Waals surface area contributed by atoms with Crippen molar-refractivity contribution in [2.24, 2.45) is 11.8 Å².